The average Bonchev–Trinajstić information content (AvgIpc) is 3.50. The third-order valence-corrected chi connectivity index (χ3v) is 7.34. The molecule has 0 unspecified atom stereocenters. The minimum atomic E-state index is 0. The van der Waals surface area contributed by atoms with Gasteiger partial charge in [-0.2, -0.15) is 12.1 Å². The number of pyridine rings is 2. The zero-order valence-electron chi connectivity index (χ0n) is 22.0. The van der Waals surface area contributed by atoms with E-state index < -0.39 is 0 Å². The number of fused-ring (bicyclic) bond motifs is 6. The van der Waals surface area contributed by atoms with E-state index in [1.165, 1.54) is 0 Å². The van der Waals surface area contributed by atoms with E-state index in [0.717, 1.165) is 60.8 Å². The Morgan fingerprint density at radius 3 is 1.66 bits per heavy atom. The van der Waals surface area contributed by atoms with Crippen molar-refractivity contribution in [3.8, 4) is 23.1 Å². The third-order valence-electron chi connectivity index (χ3n) is 7.34. The van der Waals surface area contributed by atoms with Crippen LogP contribution in [0, 0.1) is 19.1 Å². The van der Waals surface area contributed by atoms with Crippen molar-refractivity contribution >= 4 is 43.6 Å². The summed E-state index contributed by atoms with van der Waals surface area (Å²) in [6.07, 6.45) is 3.70. The number of aryl methyl sites for hydroxylation is 1. The van der Waals surface area contributed by atoms with Crippen LogP contribution in [0.2, 0.25) is 0 Å². The second-order valence-electron chi connectivity index (χ2n) is 9.86. The van der Waals surface area contributed by atoms with Crippen LogP contribution in [0.5, 0.6) is 11.5 Å². The van der Waals surface area contributed by atoms with Crippen molar-refractivity contribution in [3.63, 3.8) is 0 Å². The largest absolute Gasteiger partial charge is 2.00 e. The second kappa shape index (κ2) is 10.0. The molecule has 6 heteroatoms. The monoisotopic (exact) mass is 709 g/mol. The van der Waals surface area contributed by atoms with E-state index in [2.05, 4.69) is 80.8 Å². The Labute approximate surface area is 250 Å². The van der Waals surface area contributed by atoms with Gasteiger partial charge in [0.1, 0.15) is 11.6 Å². The van der Waals surface area contributed by atoms with Gasteiger partial charge in [-0.1, -0.05) is 59.6 Å². The maximum atomic E-state index is 6.41. The van der Waals surface area contributed by atoms with Crippen molar-refractivity contribution in [1.82, 2.24) is 19.1 Å². The summed E-state index contributed by atoms with van der Waals surface area (Å²) in [5.41, 5.74) is 5.10. The zero-order chi connectivity index (χ0) is 26.6. The van der Waals surface area contributed by atoms with Gasteiger partial charge < -0.3 is 13.9 Å². The first kappa shape index (κ1) is 25.3. The van der Waals surface area contributed by atoms with E-state index in [1.807, 2.05) is 67.8 Å². The molecule has 8 rings (SSSR count). The van der Waals surface area contributed by atoms with Crippen molar-refractivity contribution in [3.05, 3.63) is 133 Å². The molecule has 0 aliphatic rings. The number of rotatable bonds is 4. The van der Waals surface area contributed by atoms with Crippen LogP contribution in [0.25, 0.3) is 55.2 Å². The van der Waals surface area contributed by atoms with Crippen LogP contribution in [0.3, 0.4) is 0 Å². The van der Waals surface area contributed by atoms with Crippen molar-refractivity contribution in [2.45, 2.75) is 6.92 Å². The molecule has 198 valence electrons. The first-order valence-corrected chi connectivity index (χ1v) is 13.2. The molecule has 0 fully saturated rings. The van der Waals surface area contributed by atoms with E-state index in [1.54, 1.807) is 0 Å². The summed E-state index contributed by atoms with van der Waals surface area (Å²) in [6, 6.07) is 41.9. The molecule has 0 N–H and O–H groups in total. The molecular formula is C35H22N4OPt. The van der Waals surface area contributed by atoms with Crippen LogP contribution in [0.15, 0.2) is 116 Å². The number of ether oxygens (including phenoxy) is 1. The van der Waals surface area contributed by atoms with E-state index in [4.69, 9.17) is 9.72 Å². The van der Waals surface area contributed by atoms with Crippen molar-refractivity contribution in [2.75, 3.05) is 0 Å². The molecule has 41 heavy (non-hydrogen) atoms. The maximum Gasteiger partial charge on any atom is 2.00 e. The van der Waals surface area contributed by atoms with E-state index >= 15 is 0 Å². The predicted molar refractivity (Wildman–Crippen MR) is 160 cm³/mol. The van der Waals surface area contributed by atoms with Crippen molar-refractivity contribution in [2.24, 2.45) is 0 Å². The third kappa shape index (κ3) is 4.13. The Morgan fingerprint density at radius 1 is 0.561 bits per heavy atom. The fraction of sp³-hybridized carbons (Fsp3) is 0.0286. The van der Waals surface area contributed by atoms with Crippen LogP contribution in [-0.4, -0.2) is 19.1 Å². The van der Waals surface area contributed by atoms with Crippen molar-refractivity contribution in [1.29, 1.82) is 0 Å². The van der Waals surface area contributed by atoms with Gasteiger partial charge in [0.15, 0.2) is 0 Å². The summed E-state index contributed by atoms with van der Waals surface area (Å²) in [5, 5.41) is 4.49. The van der Waals surface area contributed by atoms with Gasteiger partial charge in [-0.25, -0.2) is 9.97 Å². The first-order valence-electron chi connectivity index (χ1n) is 13.2. The minimum Gasteiger partial charge on any atom is -0.509 e. The topological polar surface area (TPSA) is 44.9 Å². The quantitative estimate of drug-likeness (QED) is 0.173. The molecule has 5 nitrogen and oxygen atoms in total. The number of benzene rings is 4. The fourth-order valence-corrected chi connectivity index (χ4v) is 5.54. The second-order valence-corrected chi connectivity index (χ2v) is 9.86. The van der Waals surface area contributed by atoms with Gasteiger partial charge in [0.2, 0.25) is 0 Å². The standard InChI is InChI=1S/C35H22N4O.Pt/c1-23-13-18-35(37-22-23)39-31-11-5-3-9-27(31)29-17-15-25(21-33(29)39)40-24-14-16-28-26-8-2-4-10-30(26)38(32(28)20-24)34-12-6-7-19-36-34;/h2-19,22H,1H3;/q-2;+2. The maximum absolute atomic E-state index is 6.41. The van der Waals surface area contributed by atoms with Crippen LogP contribution in [0.1, 0.15) is 5.56 Å². The Morgan fingerprint density at radius 2 is 1.12 bits per heavy atom. The number of para-hydroxylation sites is 2. The van der Waals surface area contributed by atoms with E-state index in [-0.39, 0.29) is 21.1 Å². The van der Waals surface area contributed by atoms with E-state index in [0.29, 0.717) is 11.5 Å². The van der Waals surface area contributed by atoms with Crippen LogP contribution in [-0.2, 0) is 21.1 Å². The molecule has 4 heterocycles. The molecule has 0 amide bonds. The van der Waals surface area contributed by atoms with Gasteiger partial charge >= 0.3 is 21.1 Å². The van der Waals surface area contributed by atoms with Gasteiger partial charge in [0.05, 0.1) is 0 Å². The molecule has 0 spiro atoms. The van der Waals surface area contributed by atoms with Crippen LogP contribution >= 0.6 is 0 Å². The molecule has 8 aromatic rings. The van der Waals surface area contributed by atoms with Gasteiger partial charge in [-0.05, 0) is 53.6 Å². The molecule has 0 bridgehead atoms. The average molecular weight is 710 g/mol. The summed E-state index contributed by atoms with van der Waals surface area (Å²) < 4.78 is 10.7. The van der Waals surface area contributed by atoms with Crippen molar-refractivity contribution < 1.29 is 25.8 Å². The Bertz CT molecular complexity index is 2200. The van der Waals surface area contributed by atoms with Gasteiger partial charge in [0.25, 0.3) is 0 Å². The smallest absolute Gasteiger partial charge is 0.509 e. The Balaban J connectivity index is 0.00000276. The molecule has 4 aromatic heterocycles. The molecule has 0 saturated heterocycles. The number of hydrogen-bond acceptors (Lipinski definition) is 3. The van der Waals surface area contributed by atoms with Crippen LogP contribution in [0.4, 0.5) is 0 Å². The van der Waals surface area contributed by atoms with Gasteiger partial charge in [0, 0.05) is 34.9 Å². The number of aromatic nitrogens is 4. The van der Waals surface area contributed by atoms with Gasteiger partial charge in [-0.15, -0.1) is 35.0 Å². The number of hydrogen-bond donors (Lipinski definition) is 0. The fourth-order valence-electron chi connectivity index (χ4n) is 5.54. The predicted octanol–water partition coefficient (Wildman–Crippen LogP) is 8.37. The summed E-state index contributed by atoms with van der Waals surface area (Å²) in [7, 11) is 0. The molecule has 0 aliphatic heterocycles. The summed E-state index contributed by atoms with van der Waals surface area (Å²) >= 11 is 0. The first-order chi connectivity index (χ1) is 19.7. The van der Waals surface area contributed by atoms with Crippen LogP contribution < -0.4 is 4.74 Å². The summed E-state index contributed by atoms with van der Waals surface area (Å²) in [5.74, 6) is 2.90. The zero-order valence-corrected chi connectivity index (χ0v) is 24.3. The Hall–Kier alpha value is -4.73. The molecule has 0 saturated carbocycles. The molecule has 0 atom stereocenters. The van der Waals surface area contributed by atoms with Gasteiger partial charge in [-0.3, -0.25) is 0 Å². The minimum absolute atomic E-state index is 0. The molecule has 4 aromatic carbocycles. The van der Waals surface area contributed by atoms with E-state index in [9.17, 15) is 0 Å². The molecular weight excluding hydrogens is 687 g/mol. The normalized spacial score (nSPS) is 11.3. The molecule has 0 aliphatic carbocycles. The summed E-state index contributed by atoms with van der Waals surface area (Å²) in [4.78, 5) is 9.34. The number of nitrogens with zero attached hydrogens (tertiary/aromatic N) is 4. The summed E-state index contributed by atoms with van der Waals surface area (Å²) in [6.45, 7) is 2.04. The SMILES string of the molecule is Cc1ccc(-n2c3[c-]c(Oc4[c-]c5c(cc4)c4ccccc4n5-c4ccccn4)ccc3c3ccccc32)nc1.[Pt+2]. The Kier molecular flexibility index (Phi) is 6.18. The molecule has 0 radical (unpaired) electrons.